The van der Waals surface area contributed by atoms with Crippen molar-refractivity contribution in [1.29, 1.82) is 0 Å². The molecule has 7 heteroatoms. The van der Waals surface area contributed by atoms with Crippen molar-refractivity contribution in [1.82, 2.24) is 15.6 Å². The number of nitrogens with one attached hydrogen (secondary N) is 2. The molecule has 1 fully saturated rings. The summed E-state index contributed by atoms with van der Waals surface area (Å²) in [5.74, 6) is 3.37. The van der Waals surface area contributed by atoms with E-state index in [0.29, 0.717) is 30.5 Å². The van der Waals surface area contributed by atoms with E-state index in [1.54, 1.807) is 18.0 Å². The van der Waals surface area contributed by atoms with Gasteiger partial charge in [0.2, 0.25) is 11.8 Å². The van der Waals surface area contributed by atoms with E-state index >= 15 is 0 Å². The SMILES string of the molecule is CCCOc1ccccc1Oc1ncccc1CNC(=O)C1CSCN1. The van der Waals surface area contributed by atoms with E-state index in [-0.39, 0.29) is 11.9 Å². The van der Waals surface area contributed by atoms with Crippen molar-refractivity contribution < 1.29 is 14.3 Å². The van der Waals surface area contributed by atoms with E-state index in [2.05, 4.69) is 22.5 Å². The summed E-state index contributed by atoms with van der Waals surface area (Å²) in [4.78, 5) is 16.5. The smallest absolute Gasteiger partial charge is 0.238 e. The number of aromatic nitrogens is 1. The first-order valence-electron chi connectivity index (χ1n) is 8.70. The Kier molecular flexibility index (Phi) is 6.74. The number of hydrogen-bond acceptors (Lipinski definition) is 6. The Balaban J connectivity index is 1.68. The second kappa shape index (κ2) is 9.45. The standard InChI is InChI=1S/C19H23N3O3S/c1-2-10-24-16-7-3-4-8-17(16)25-19-14(6-5-9-20-19)11-21-18(23)15-12-26-13-22-15/h3-9,15,22H,2,10-13H2,1H3,(H,21,23). The Labute approximate surface area is 157 Å². The van der Waals surface area contributed by atoms with Crippen molar-refractivity contribution in [3.8, 4) is 17.4 Å². The Hall–Kier alpha value is -2.25. The zero-order chi connectivity index (χ0) is 18.2. The molecule has 0 radical (unpaired) electrons. The zero-order valence-corrected chi connectivity index (χ0v) is 15.6. The van der Waals surface area contributed by atoms with Gasteiger partial charge < -0.3 is 14.8 Å². The molecule has 1 amide bonds. The minimum absolute atomic E-state index is 0.00326. The van der Waals surface area contributed by atoms with Gasteiger partial charge >= 0.3 is 0 Å². The molecule has 2 aromatic rings. The number of ether oxygens (including phenoxy) is 2. The van der Waals surface area contributed by atoms with Crippen LogP contribution in [0.1, 0.15) is 18.9 Å². The van der Waals surface area contributed by atoms with Gasteiger partial charge in [-0.05, 0) is 24.6 Å². The van der Waals surface area contributed by atoms with Crippen LogP contribution in [0.25, 0.3) is 0 Å². The number of pyridine rings is 1. The highest BCUT2D eigenvalue weighted by molar-refractivity contribution is 7.99. The van der Waals surface area contributed by atoms with Gasteiger partial charge in [0, 0.05) is 29.9 Å². The normalized spacial score (nSPS) is 16.3. The average Bonchev–Trinajstić information content (AvgIpc) is 3.21. The van der Waals surface area contributed by atoms with E-state index < -0.39 is 0 Å². The van der Waals surface area contributed by atoms with Crippen LogP contribution in [0.4, 0.5) is 0 Å². The first-order valence-corrected chi connectivity index (χ1v) is 9.86. The summed E-state index contributed by atoms with van der Waals surface area (Å²) >= 11 is 1.72. The zero-order valence-electron chi connectivity index (χ0n) is 14.7. The highest BCUT2D eigenvalue weighted by Crippen LogP contribution is 2.31. The molecule has 1 saturated heterocycles. The lowest BCUT2D eigenvalue weighted by atomic mass is 10.2. The number of hydrogen-bond donors (Lipinski definition) is 2. The average molecular weight is 373 g/mol. The van der Waals surface area contributed by atoms with Crippen LogP contribution in [-0.2, 0) is 11.3 Å². The Morgan fingerprint density at radius 1 is 1.31 bits per heavy atom. The monoisotopic (exact) mass is 373 g/mol. The highest BCUT2D eigenvalue weighted by Gasteiger charge is 2.22. The predicted molar refractivity (Wildman–Crippen MR) is 103 cm³/mol. The fourth-order valence-corrected chi connectivity index (χ4v) is 3.43. The summed E-state index contributed by atoms with van der Waals surface area (Å²) in [7, 11) is 0. The van der Waals surface area contributed by atoms with Gasteiger partial charge in [-0.1, -0.05) is 25.1 Å². The molecule has 1 unspecified atom stereocenters. The topological polar surface area (TPSA) is 72.5 Å². The Morgan fingerprint density at radius 2 is 2.15 bits per heavy atom. The molecule has 1 aromatic heterocycles. The maximum absolute atomic E-state index is 12.2. The molecule has 2 N–H and O–H groups in total. The van der Waals surface area contributed by atoms with E-state index in [9.17, 15) is 4.79 Å². The minimum Gasteiger partial charge on any atom is -0.490 e. The third-order valence-corrected chi connectivity index (χ3v) is 4.79. The van der Waals surface area contributed by atoms with Crippen LogP contribution in [0.5, 0.6) is 17.4 Å². The van der Waals surface area contributed by atoms with Crippen LogP contribution in [0.15, 0.2) is 42.6 Å². The minimum atomic E-state index is -0.135. The quantitative estimate of drug-likeness (QED) is 0.741. The molecule has 0 aliphatic carbocycles. The summed E-state index contributed by atoms with van der Waals surface area (Å²) < 4.78 is 11.7. The largest absolute Gasteiger partial charge is 0.490 e. The van der Waals surface area contributed by atoms with Crippen LogP contribution in [-0.4, -0.2) is 35.2 Å². The first-order chi connectivity index (χ1) is 12.8. The van der Waals surface area contributed by atoms with Crippen LogP contribution < -0.4 is 20.1 Å². The highest BCUT2D eigenvalue weighted by atomic mass is 32.2. The van der Waals surface area contributed by atoms with E-state index in [0.717, 1.165) is 23.6 Å². The number of nitrogens with zero attached hydrogens (tertiary/aromatic N) is 1. The molecule has 0 saturated carbocycles. The van der Waals surface area contributed by atoms with E-state index in [1.165, 1.54) is 0 Å². The number of thioether (sulfide) groups is 1. The number of para-hydroxylation sites is 2. The maximum atomic E-state index is 12.2. The number of benzene rings is 1. The first kappa shape index (κ1) is 18.5. The number of amides is 1. The Morgan fingerprint density at radius 3 is 2.92 bits per heavy atom. The molecule has 1 aliphatic rings. The van der Waals surface area contributed by atoms with Crippen molar-refractivity contribution in [2.24, 2.45) is 0 Å². The van der Waals surface area contributed by atoms with Crippen LogP contribution in [0.3, 0.4) is 0 Å². The van der Waals surface area contributed by atoms with Gasteiger partial charge in [-0.3, -0.25) is 10.1 Å². The Bertz CT molecular complexity index is 735. The molecule has 1 atom stereocenters. The summed E-state index contributed by atoms with van der Waals surface area (Å²) in [5, 5.41) is 6.11. The van der Waals surface area contributed by atoms with E-state index in [4.69, 9.17) is 9.47 Å². The molecule has 1 aliphatic heterocycles. The van der Waals surface area contributed by atoms with Gasteiger partial charge in [0.15, 0.2) is 11.5 Å². The fraction of sp³-hybridized carbons (Fsp3) is 0.368. The number of carbonyl (C=O) groups is 1. The van der Waals surface area contributed by atoms with Crippen molar-refractivity contribution in [3.05, 3.63) is 48.2 Å². The maximum Gasteiger partial charge on any atom is 0.238 e. The lowest BCUT2D eigenvalue weighted by Gasteiger charge is -2.15. The molecule has 138 valence electrons. The second-order valence-electron chi connectivity index (χ2n) is 5.85. The second-order valence-corrected chi connectivity index (χ2v) is 6.88. The summed E-state index contributed by atoms with van der Waals surface area (Å²) in [6.45, 7) is 3.04. The lowest BCUT2D eigenvalue weighted by molar-refractivity contribution is -0.122. The van der Waals surface area contributed by atoms with Gasteiger partial charge in [0.25, 0.3) is 0 Å². The molecule has 6 nitrogen and oxygen atoms in total. The lowest BCUT2D eigenvalue weighted by Crippen LogP contribution is -2.41. The van der Waals surface area contributed by atoms with E-state index in [1.807, 2.05) is 36.4 Å². The van der Waals surface area contributed by atoms with Gasteiger partial charge in [-0.15, -0.1) is 11.8 Å². The van der Waals surface area contributed by atoms with Crippen molar-refractivity contribution in [3.63, 3.8) is 0 Å². The summed E-state index contributed by atoms with van der Waals surface area (Å²) in [5.41, 5.74) is 0.816. The third-order valence-electron chi connectivity index (χ3n) is 3.85. The molecular formula is C19H23N3O3S. The molecule has 0 bridgehead atoms. The summed E-state index contributed by atoms with van der Waals surface area (Å²) in [6.07, 6.45) is 2.59. The number of carbonyl (C=O) groups excluding carboxylic acids is 1. The molecule has 26 heavy (non-hydrogen) atoms. The number of rotatable bonds is 8. The molecule has 1 aromatic carbocycles. The van der Waals surface area contributed by atoms with Gasteiger partial charge in [-0.25, -0.2) is 4.98 Å². The van der Waals surface area contributed by atoms with Gasteiger partial charge in [-0.2, -0.15) is 0 Å². The van der Waals surface area contributed by atoms with Crippen LogP contribution >= 0.6 is 11.8 Å². The van der Waals surface area contributed by atoms with Gasteiger partial charge in [0.05, 0.1) is 12.6 Å². The predicted octanol–water partition coefficient (Wildman–Crippen LogP) is 2.94. The fourth-order valence-electron chi connectivity index (χ4n) is 2.49. The molecule has 2 heterocycles. The van der Waals surface area contributed by atoms with Crippen LogP contribution in [0.2, 0.25) is 0 Å². The van der Waals surface area contributed by atoms with Gasteiger partial charge in [0.1, 0.15) is 0 Å². The molecule has 3 rings (SSSR count). The van der Waals surface area contributed by atoms with Crippen molar-refractivity contribution >= 4 is 17.7 Å². The third kappa shape index (κ3) is 4.89. The van der Waals surface area contributed by atoms with Crippen LogP contribution in [0, 0.1) is 0 Å². The summed E-state index contributed by atoms with van der Waals surface area (Å²) in [6, 6.07) is 11.1. The molecular weight excluding hydrogens is 350 g/mol. The molecule has 0 spiro atoms. The van der Waals surface area contributed by atoms with Crippen molar-refractivity contribution in [2.45, 2.75) is 25.9 Å². The van der Waals surface area contributed by atoms with Crippen molar-refractivity contribution in [2.75, 3.05) is 18.2 Å².